The molecule has 140 valence electrons. The molecule has 1 heterocycles. The molecule has 2 N–H and O–H groups in total. The maximum atomic E-state index is 11.3. The predicted octanol–water partition coefficient (Wildman–Crippen LogP) is 4.32. The van der Waals surface area contributed by atoms with Gasteiger partial charge in [0.1, 0.15) is 5.88 Å². The summed E-state index contributed by atoms with van der Waals surface area (Å²) in [7, 11) is 3.92. The molecule has 0 fully saturated rings. The van der Waals surface area contributed by atoms with Gasteiger partial charge in [-0.2, -0.15) is 5.11 Å². The number of amides is 1. The average molecular weight is 385 g/mol. The summed E-state index contributed by atoms with van der Waals surface area (Å²) >= 11 is 5.48. The zero-order valence-electron chi connectivity index (χ0n) is 15.1. The SMILES string of the molecule is CN1C=CN(C)C1/N=N/c1ccc(Nc2ccc(NC(=O)CCl)cc2)cc1. The van der Waals surface area contributed by atoms with Crippen LogP contribution in [0.4, 0.5) is 22.7 Å². The minimum absolute atomic E-state index is 0.0620. The number of carbonyl (C=O) groups is 1. The number of benzene rings is 2. The normalized spacial score (nSPS) is 14.2. The quantitative estimate of drug-likeness (QED) is 0.574. The van der Waals surface area contributed by atoms with E-state index >= 15 is 0 Å². The molecule has 0 atom stereocenters. The molecule has 0 radical (unpaired) electrons. The Morgan fingerprint density at radius 3 is 2.04 bits per heavy atom. The number of alkyl halides is 1. The number of azo groups is 1. The first-order chi connectivity index (χ1) is 13.0. The highest BCUT2D eigenvalue weighted by atomic mass is 35.5. The van der Waals surface area contributed by atoms with Crippen molar-refractivity contribution < 1.29 is 4.79 Å². The third-order valence-corrected chi connectivity index (χ3v) is 4.23. The average Bonchev–Trinajstić information content (AvgIpc) is 3.00. The monoisotopic (exact) mass is 384 g/mol. The van der Waals surface area contributed by atoms with Crippen LogP contribution in [0.2, 0.25) is 0 Å². The summed E-state index contributed by atoms with van der Waals surface area (Å²) in [6.45, 7) is 0. The van der Waals surface area contributed by atoms with Crippen LogP contribution in [0.15, 0.2) is 71.2 Å². The Labute approximate surface area is 163 Å². The molecule has 2 aromatic carbocycles. The highest BCUT2D eigenvalue weighted by Crippen LogP contribution is 2.23. The molecule has 0 aliphatic carbocycles. The van der Waals surface area contributed by atoms with E-state index in [0.717, 1.165) is 17.1 Å². The lowest BCUT2D eigenvalue weighted by Crippen LogP contribution is -2.31. The zero-order valence-corrected chi connectivity index (χ0v) is 15.9. The maximum Gasteiger partial charge on any atom is 0.239 e. The topological polar surface area (TPSA) is 72.3 Å². The summed E-state index contributed by atoms with van der Waals surface area (Å²) in [4.78, 5) is 15.2. The Morgan fingerprint density at radius 1 is 0.963 bits per heavy atom. The van der Waals surface area contributed by atoms with E-state index in [1.54, 1.807) is 0 Å². The van der Waals surface area contributed by atoms with Crippen molar-refractivity contribution in [2.24, 2.45) is 10.2 Å². The molecule has 3 rings (SSSR count). The molecular weight excluding hydrogens is 364 g/mol. The van der Waals surface area contributed by atoms with E-state index in [0.29, 0.717) is 5.69 Å². The van der Waals surface area contributed by atoms with Crippen molar-refractivity contribution in [3.8, 4) is 0 Å². The number of hydrogen-bond acceptors (Lipinski definition) is 6. The fraction of sp³-hybridized carbons (Fsp3) is 0.211. The van der Waals surface area contributed by atoms with Crippen LogP contribution in [0.5, 0.6) is 0 Å². The Morgan fingerprint density at radius 2 is 1.48 bits per heavy atom. The van der Waals surface area contributed by atoms with E-state index < -0.39 is 0 Å². The molecule has 8 heteroatoms. The minimum Gasteiger partial charge on any atom is -0.356 e. The van der Waals surface area contributed by atoms with Crippen molar-refractivity contribution in [1.29, 1.82) is 0 Å². The largest absolute Gasteiger partial charge is 0.356 e. The summed E-state index contributed by atoms with van der Waals surface area (Å²) in [6, 6.07) is 15.1. The number of anilines is 3. The fourth-order valence-corrected chi connectivity index (χ4v) is 2.61. The van der Waals surface area contributed by atoms with Crippen LogP contribution in [0.25, 0.3) is 0 Å². The standard InChI is InChI=1S/C19H21ClN6O/c1-25-11-12-26(2)19(25)24-23-17-9-7-15(8-10-17)21-14-3-5-16(6-4-14)22-18(27)13-20/h3-12,19,21H,13H2,1-2H3,(H,22,27)/b24-23+. The Balaban J connectivity index is 1.58. The summed E-state index contributed by atoms with van der Waals surface area (Å²) in [5.74, 6) is -0.291. The highest BCUT2D eigenvalue weighted by Gasteiger charge is 2.19. The molecule has 0 spiro atoms. The van der Waals surface area contributed by atoms with Gasteiger partial charge in [0.2, 0.25) is 12.2 Å². The van der Waals surface area contributed by atoms with Gasteiger partial charge in [-0.3, -0.25) is 4.79 Å². The summed E-state index contributed by atoms with van der Waals surface area (Å²) in [6.07, 6.45) is 3.81. The Kier molecular flexibility index (Phi) is 5.93. The van der Waals surface area contributed by atoms with Crippen molar-refractivity contribution in [3.63, 3.8) is 0 Å². The van der Waals surface area contributed by atoms with Crippen LogP contribution in [0.1, 0.15) is 0 Å². The molecule has 0 saturated heterocycles. The molecule has 1 aliphatic rings. The van der Waals surface area contributed by atoms with Crippen molar-refractivity contribution in [3.05, 3.63) is 60.9 Å². The first kappa shape index (κ1) is 18.7. The fourth-order valence-electron chi connectivity index (χ4n) is 2.54. The van der Waals surface area contributed by atoms with E-state index in [4.69, 9.17) is 11.6 Å². The number of halogens is 1. The maximum absolute atomic E-state index is 11.3. The van der Waals surface area contributed by atoms with Gasteiger partial charge >= 0.3 is 0 Å². The second-order valence-electron chi connectivity index (χ2n) is 6.12. The van der Waals surface area contributed by atoms with Crippen LogP contribution in [-0.4, -0.2) is 42.0 Å². The predicted molar refractivity (Wildman–Crippen MR) is 108 cm³/mol. The van der Waals surface area contributed by atoms with Crippen molar-refractivity contribution >= 4 is 40.3 Å². The van der Waals surface area contributed by atoms with Crippen LogP contribution in [0.3, 0.4) is 0 Å². The van der Waals surface area contributed by atoms with Gasteiger partial charge in [-0.25, -0.2) is 0 Å². The first-order valence-corrected chi connectivity index (χ1v) is 8.94. The van der Waals surface area contributed by atoms with Gasteiger partial charge in [0.05, 0.1) is 5.69 Å². The van der Waals surface area contributed by atoms with Crippen LogP contribution in [0, 0.1) is 0 Å². The molecule has 0 bridgehead atoms. The van der Waals surface area contributed by atoms with E-state index in [9.17, 15) is 4.79 Å². The van der Waals surface area contributed by atoms with Crippen molar-refractivity contribution in [1.82, 2.24) is 9.80 Å². The molecule has 1 aliphatic heterocycles. The minimum atomic E-state index is -0.229. The van der Waals surface area contributed by atoms with E-state index in [-0.39, 0.29) is 18.1 Å². The third kappa shape index (κ3) is 4.98. The lowest BCUT2D eigenvalue weighted by Gasteiger charge is -2.21. The van der Waals surface area contributed by atoms with E-state index in [1.165, 1.54) is 0 Å². The van der Waals surface area contributed by atoms with Crippen molar-refractivity contribution in [2.75, 3.05) is 30.6 Å². The van der Waals surface area contributed by atoms with E-state index in [2.05, 4.69) is 20.9 Å². The number of nitrogens with one attached hydrogen (secondary N) is 2. The van der Waals surface area contributed by atoms with Gasteiger partial charge in [0.25, 0.3) is 0 Å². The zero-order chi connectivity index (χ0) is 19.2. The molecule has 27 heavy (non-hydrogen) atoms. The Bertz CT molecular complexity index is 822. The van der Waals surface area contributed by atoms with E-state index in [1.807, 2.05) is 84.8 Å². The molecule has 0 unspecified atom stereocenters. The summed E-state index contributed by atoms with van der Waals surface area (Å²) < 4.78 is 0. The van der Waals surface area contributed by atoms with Gasteiger partial charge < -0.3 is 20.4 Å². The Hall–Kier alpha value is -3.06. The van der Waals surface area contributed by atoms with Gasteiger partial charge in [-0.15, -0.1) is 16.7 Å². The van der Waals surface area contributed by atoms with Crippen LogP contribution in [-0.2, 0) is 4.79 Å². The molecule has 7 nitrogen and oxygen atoms in total. The van der Waals surface area contributed by atoms with Crippen molar-refractivity contribution in [2.45, 2.75) is 6.29 Å². The van der Waals surface area contributed by atoms with Crippen LogP contribution >= 0.6 is 11.6 Å². The summed E-state index contributed by atoms with van der Waals surface area (Å²) in [5.41, 5.74) is 3.34. The number of carbonyl (C=O) groups excluding carboxylic acids is 1. The first-order valence-electron chi connectivity index (χ1n) is 8.41. The second-order valence-corrected chi connectivity index (χ2v) is 6.39. The lowest BCUT2D eigenvalue weighted by atomic mass is 10.2. The van der Waals surface area contributed by atoms with Gasteiger partial charge in [-0.05, 0) is 48.5 Å². The molecule has 0 aromatic heterocycles. The van der Waals surface area contributed by atoms with Gasteiger partial charge in [0, 0.05) is 43.6 Å². The molecular formula is C19H21ClN6O. The number of hydrogen-bond donors (Lipinski definition) is 2. The smallest absolute Gasteiger partial charge is 0.239 e. The number of nitrogens with zero attached hydrogens (tertiary/aromatic N) is 4. The number of rotatable bonds is 6. The molecule has 2 aromatic rings. The summed E-state index contributed by atoms with van der Waals surface area (Å²) in [5, 5.41) is 14.7. The van der Waals surface area contributed by atoms with Crippen LogP contribution < -0.4 is 10.6 Å². The molecule has 0 saturated carbocycles. The highest BCUT2D eigenvalue weighted by molar-refractivity contribution is 6.29. The third-order valence-electron chi connectivity index (χ3n) is 3.99. The lowest BCUT2D eigenvalue weighted by molar-refractivity contribution is -0.113. The second kappa shape index (κ2) is 8.55. The van der Waals surface area contributed by atoms with Gasteiger partial charge in [-0.1, -0.05) is 0 Å². The van der Waals surface area contributed by atoms with Gasteiger partial charge in [0.15, 0.2) is 0 Å². The molecule has 1 amide bonds.